The Hall–Kier alpha value is -2.87. The Labute approximate surface area is 135 Å². The lowest BCUT2D eigenvalue weighted by molar-refractivity contribution is -0.136. The third-order valence-electron chi connectivity index (χ3n) is 3.17. The predicted octanol–water partition coefficient (Wildman–Crippen LogP) is 1.82. The number of halogens is 3. The minimum absolute atomic E-state index is 0.0559. The van der Waals surface area contributed by atoms with E-state index in [0.29, 0.717) is 12.6 Å². The number of hydrogen-bond donors (Lipinski definition) is 3. The van der Waals surface area contributed by atoms with Crippen LogP contribution in [-0.4, -0.2) is 11.8 Å². The van der Waals surface area contributed by atoms with Crippen molar-refractivity contribution in [2.75, 3.05) is 5.32 Å². The quantitative estimate of drug-likeness (QED) is 0.588. The Morgan fingerprint density at radius 3 is 2.38 bits per heavy atom. The van der Waals surface area contributed by atoms with E-state index in [1.807, 2.05) is 11.4 Å². The van der Waals surface area contributed by atoms with Crippen molar-refractivity contribution in [1.29, 1.82) is 0 Å². The lowest BCUT2D eigenvalue weighted by Crippen LogP contribution is -2.35. The van der Waals surface area contributed by atoms with Crippen LogP contribution in [0.4, 0.5) is 18.9 Å². The van der Waals surface area contributed by atoms with Crippen molar-refractivity contribution in [3.63, 3.8) is 0 Å². The normalized spacial score (nSPS) is 10.3. The minimum atomic E-state index is -1.73. The summed E-state index contributed by atoms with van der Waals surface area (Å²) in [5.41, 5.74) is 6.45. The summed E-state index contributed by atoms with van der Waals surface area (Å²) in [7, 11) is 0. The molecule has 0 atom stereocenters. The molecule has 2 aromatic rings. The maximum Gasteiger partial charge on any atom is 0.313 e. The molecule has 2 aromatic carbocycles. The summed E-state index contributed by atoms with van der Waals surface area (Å²) < 4.78 is 39.3. The summed E-state index contributed by atoms with van der Waals surface area (Å²) in [5, 5.41) is 4.22. The topological polar surface area (TPSA) is 84.2 Å². The lowest BCUT2D eigenvalue weighted by Gasteiger charge is -2.08. The van der Waals surface area contributed by atoms with Gasteiger partial charge in [-0.15, -0.1) is 0 Å². The van der Waals surface area contributed by atoms with Gasteiger partial charge in [0.25, 0.3) is 0 Å². The predicted molar refractivity (Wildman–Crippen MR) is 81.1 cm³/mol. The highest BCUT2D eigenvalue weighted by molar-refractivity contribution is 6.39. The molecule has 0 fully saturated rings. The second kappa shape index (κ2) is 7.60. The molecule has 0 bridgehead atoms. The summed E-state index contributed by atoms with van der Waals surface area (Å²) >= 11 is 0. The number of nitrogens with one attached hydrogen (secondary N) is 2. The van der Waals surface area contributed by atoms with Gasteiger partial charge in [0.15, 0.2) is 17.5 Å². The molecule has 0 radical (unpaired) electrons. The fourth-order valence-electron chi connectivity index (χ4n) is 1.93. The molecule has 0 saturated heterocycles. The zero-order valence-corrected chi connectivity index (χ0v) is 12.4. The first-order valence-electron chi connectivity index (χ1n) is 6.93. The van der Waals surface area contributed by atoms with E-state index in [0.717, 1.165) is 17.2 Å². The zero-order chi connectivity index (χ0) is 17.7. The highest BCUT2D eigenvalue weighted by atomic mass is 19.2. The van der Waals surface area contributed by atoms with Crippen molar-refractivity contribution >= 4 is 17.5 Å². The third kappa shape index (κ3) is 4.11. The Bertz CT molecular complexity index is 781. The average Bonchev–Trinajstić information content (AvgIpc) is 2.60. The Balaban J connectivity index is 1.97. The molecule has 0 unspecified atom stereocenters. The average molecular weight is 337 g/mol. The molecule has 0 aliphatic rings. The van der Waals surface area contributed by atoms with E-state index in [2.05, 4.69) is 5.32 Å². The first kappa shape index (κ1) is 17.5. The van der Waals surface area contributed by atoms with Gasteiger partial charge in [0, 0.05) is 13.1 Å². The Kier molecular flexibility index (Phi) is 5.54. The maximum atomic E-state index is 13.4. The number of hydrogen-bond acceptors (Lipinski definition) is 3. The molecule has 0 aliphatic carbocycles. The highest BCUT2D eigenvalue weighted by Crippen LogP contribution is 2.19. The van der Waals surface area contributed by atoms with Crippen LogP contribution in [0.15, 0.2) is 36.4 Å². The van der Waals surface area contributed by atoms with Gasteiger partial charge in [-0.25, -0.2) is 13.2 Å². The van der Waals surface area contributed by atoms with Gasteiger partial charge < -0.3 is 16.4 Å². The molecule has 4 N–H and O–H groups in total. The van der Waals surface area contributed by atoms with Crippen LogP contribution in [0, 0.1) is 17.5 Å². The van der Waals surface area contributed by atoms with Crippen LogP contribution in [0.2, 0.25) is 0 Å². The Morgan fingerprint density at radius 1 is 0.958 bits per heavy atom. The number of benzene rings is 2. The van der Waals surface area contributed by atoms with E-state index >= 15 is 0 Å². The van der Waals surface area contributed by atoms with Crippen LogP contribution in [0.25, 0.3) is 0 Å². The molecule has 0 saturated carbocycles. The van der Waals surface area contributed by atoms with E-state index in [9.17, 15) is 22.8 Å². The summed E-state index contributed by atoms with van der Waals surface area (Å²) in [6.45, 7) is 0.387. The number of carbonyl (C=O) groups is 2. The molecule has 0 heterocycles. The largest absolute Gasteiger partial charge is 0.344 e. The van der Waals surface area contributed by atoms with Crippen LogP contribution in [-0.2, 0) is 22.7 Å². The first-order valence-corrected chi connectivity index (χ1v) is 6.93. The van der Waals surface area contributed by atoms with Crippen LogP contribution in [0.5, 0.6) is 0 Å². The summed E-state index contributed by atoms with van der Waals surface area (Å²) in [4.78, 5) is 23.4. The number of rotatable bonds is 4. The standard InChI is InChI=1S/C16H14F3N3O2/c17-11-4-5-12(14(19)13(11)18)22-16(24)15(23)21-8-10-3-1-2-9(6-10)7-20/h1-6H,7-8,20H2,(H,21,23)(H,22,24). The molecule has 5 nitrogen and oxygen atoms in total. The van der Waals surface area contributed by atoms with Crippen molar-refractivity contribution in [3.05, 3.63) is 65.0 Å². The van der Waals surface area contributed by atoms with E-state index < -0.39 is 35.0 Å². The number of anilines is 1. The van der Waals surface area contributed by atoms with Crippen LogP contribution in [0.1, 0.15) is 11.1 Å². The van der Waals surface area contributed by atoms with E-state index in [-0.39, 0.29) is 6.54 Å². The van der Waals surface area contributed by atoms with Crippen molar-refractivity contribution in [2.45, 2.75) is 13.1 Å². The second-order valence-electron chi connectivity index (χ2n) is 4.88. The SMILES string of the molecule is NCc1cccc(CNC(=O)C(=O)Nc2ccc(F)c(F)c2F)c1. The van der Waals surface area contributed by atoms with E-state index in [4.69, 9.17) is 5.73 Å². The smallest absolute Gasteiger partial charge is 0.313 e. The van der Waals surface area contributed by atoms with Crippen molar-refractivity contribution in [2.24, 2.45) is 5.73 Å². The van der Waals surface area contributed by atoms with Crippen LogP contribution < -0.4 is 16.4 Å². The first-order chi connectivity index (χ1) is 11.4. The van der Waals surface area contributed by atoms with Crippen LogP contribution >= 0.6 is 0 Å². The fraction of sp³-hybridized carbons (Fsp3) is 0.125. The van der Waals surface area contributed by atoms with Gasteiger partial charge in [0.2, 0.25) is 0 Å². The zero-order valence-electron chi connectivity index (χ0n) is 12.4. The van der Waals surface area contributed by atoms with E-state index in [1.54, 1.807) is 18.2 Å². The van der Waals surface area contributed by atoms with Crippen molar-refractivity contribution < 1.29 is 22.8 Å². The number of carbonyl (C=O) groups excluding carboxylic acids is 2. The molecule has 2 rings (SSSR count). The molecule has 0 aliphatic heterocycles. The van der Waals surface area contributed by atoms with E-state index in [1.165, 1.54) is 0 Å². The number of amides is 2. The number of nitrogens with two attached hydrogens (primary N) is 1. The summed E-state index contributed by atoms with van der Waals surface area (Å²) in [5.74, 6) is -6.94. The molecule has 8 heteroatoms. The molecular formula is C16H14F3N3O2. The van der Waals surface area contributed by atoms with Gasteiger partial charge >= 0.3 is 11.8 Å². The maximum absolute atomic E-state index is 13.4. The molecule has 24 heavy (non-hydrogen) atoms. The summed E-state index contributed by atoms with van der Waals surface area (Å²) in [6.07, 6.45) is 0. The fourth-order valence-corrected chi connectivity index (χ4v) is 1.93. The van der Waals surface area contributed by atoms with Gasteiger partial charge in [0.05, 0.1) is 5.69 Å². The minimum Gasteiger partial charge on any atom is -0.344 e. The second-order valence-corrected chi connectivity index (χ2v) is 4.88. The molecular weight excluding hydrogens is 323 g/mol. The highest BCUT2D eigenvalue weighted by Gasteiger charge is 2.19. The monoisotopic (exact) mass is 337 g/mol. The van der Waals surface area contributed by atoms with Gasteiger partial charge in [-0.1, -0.05) is 24.3 Å². The van der Waals surface area contributed by atoms with Gasteiger partial charge in [-0.3, -0.25) is 9.59 Å². The van der Waals surface area contributed by atoms with Gasteiger partial charge in [0.1, 0.15) is 0 Å². The van der Waals surface area contributed by atoms with Crippen LogP contribution in [0.3, 0.4) is 0 Å². The van der Waals surface area contributed by atoms with Gasteiger partial charge in [-0.05, 0) is 23.3 Å². The molecule has 0 aromatic heterocycles. The van der Waals surface area contributed by atoms with Crippen molar-refractivity contribution in [3.8, 4) is 0 Å². The van der Waals surface area contributed by atoms with Gasteiger partial charge in [-0.2, -0.15) is 0 Å². The molecule has 126 valence electrons. The van der Waals surface area contributed by atoms with Crippen molar-refractivity contribution in [1.82, 2.24) is 5.32 Å². The summed E-state index contributed by atoms with van der Waals surface area (Å²) in [6, 6.07) is 8.51. The molecule has 0 spiro atoms. The lowest BCUT2D eigenvalue weighted by atomic mass is 10.1. The molecule has 2 amide bonds. The Morgan fingerprint density at radius 2 is 1.67 bits per heavy atom. The third-order valence-corrected chi connectivity index (χ3v) is 3.17.